The highest BCUT2D eigenvalue weighted by atomic mass is 16.5. The maximum Gasteiger partial charge on any atom is 0.261 e. The van der Waals surface area contributed by atoms with Crippen LogP contribution in [-0.4, -0.2) is 55.9 Å². The van der Waals surface area contributed by atoms with Crippen LogP contribution in [0.5, 0.6) is 23.0 Å². The van der Waals surface area contributed by atoms with Gasteiger partial charge in [0, 0.05) is 12.1 Å². The molecule has 0 saturated heterocycles. The smallest absolute Gasteiger partial charge is 0.261 e. The van der Waals surface area contributed by atoms with Gasteiger partial charge in [0.15, 0.2) is 11.5 Å². The van der Waals surface area contributed by atoms with Crippen molar-refractivity contribution in [1.29, 1.82) is 0 Å². The zero-order valence-electron chi connectivity index (χ0n) is 18.2. The molecule has 0 bridgehead atoms. The minimum Gasteiger partial charge on any atom is -0.496 e. The van der Waals surface area contributed by atoms with Crippen LogP contribution in [0.1, 0.15) is 23.2 Å². The summed E-state index contributed by atoms with van der Waals surface area (Å²) in [7, 11) is 6.14. The molecule has 0 unspecified atom stereocenters. The molecular formula is C22H25N3O6. The fourth-order valence-electron chi connectivity index (χ4n) is 3.12. The summed E-state index contributed by atoms with van der Waals surface area (Å²) in [6.07, 6.45) is 0. The summed E-state index contributed by atoms with van der Waals surface area (Å²) in [5.41, 5.74) is 1.04. The number of benzene rings is 2. The van der Waals surface area contributed by atoms with Gasteiger partial charge < -0.3 is 28.4 Å². The molecule has 0 fully saturated rings. The lowest BCUT2D eigenvalue weighted by Crippen LogP contribution is -2.31. The van der Waals surface area contributed by atoms with E-state index in [4.69, 9.17) is 23.5 Å². The van der Waals surface area contributed by atoms with Crippen molar-refractivity contribution in [2.45, 2.75) is 13.5 Å². The fraction of sp³-hybridized carbons (Fsp3) is 0.318. The normalized spacial score (nSPS) is 10.5. The van der Waals surface area contributed by atoms with Crippen molar-refractivity contribution < 1.29 is 28.3 Å². The van der Waals surface area contributed by atoms with Gasteiger partial charge >= 0.3 is 0 Å². The van der Waals surface area contributed by atoms with Crippen LogP contribution in [-0.2, 0) is 6.54 Å². The number of hydrogen-bond donors (Lipinski definition) is 0. The number of ether oxygens (including phenoxy) is 4. The molecule has 9 heteroatoms. The number of carbonyl (C=O) groups is 1. The van der Waals surface area contributed by atoms with E-state index in [1.165, 1.54) is 14.2 Å². The van der Waals surface area contributed by atoms with Gasteiger partial charge in [0.05, 0.1) is 28.4 Å². The zero-order valence-corrected chi connectivity index (χ0v) is 18.2. The summed E-state index contributed by atoms with van der Waals surface area (Å²) < 4.78 is 26.7. The van der Waals surface area contributed by atoms with Crippen LogP contribution in [0.2, 0.25) is 0 Å². The molecule has 164 valence electrons. The summed E-state index contributed by atoms with van der Waals surface area (Å²) in [5.74, 6) is 2.44. The largest absolute Gasteiger partial charge is 0.496 e. The lowest BCUT2D eigenvalue weighted by atomic mass is 10.1. The van der Waals surface area contributed by atoms with E-state index in [-0.39, 0.29) is 12.5 Å². The molecule has 0 aliphatic rings. The molecular weight excluding hydrogens is 402 g/mol. The summed E-state index contributed by atoms with van der Waals surface area (Å²) in [4.78, 5) is 19.2. The second-order valence-corrected chi connectivity index (χ2v) is 6.44. The van der Waals surface area contributed by atoms with Crippen molar-refractivity contribution >= 4 is 5.91 Å². The van der Waals surface area contributed by atoms with Crippen LogP contribution < -0.4 is 18.9 Å². The summed E-state index contributed by atoms with van der Waals surface area (Å²) >= 11 is 0. The fourth-order valence-corrected chi connectivity index (χ4v) is 3.12. The van der Waals surface area contributed by atoms with Crippen LogP contribution in [0.25, 0.3) is 11.4 Å². The summed E-state index contributed by atoms with van der Waals surface area (Å²) in [6, 6.07) is 10.5. The average Bonchev–Trinajstić information content (AvgIpc) is 3.29. The SMILES string of the molecule is CCN(Cc1nc(-c2ccc(OC)c(OC)c2)no1)C(=O)c1c(OC)cccc1OC. The number of aromatic nitrogens is 2. The van der Waals surface area contributed by atoms with Crippen molar-refractivity contribution in [2.75, 3.05) is 35.0 Å². The van der Waals surface area contributed by atoms with Gasteiger partial charge in [0.1, 0.15) is 23.6 Å². The zero-order chi connectivity index (χ0) is 22.4. The molecule has 1 amide bonds. The van der Waals surface area contributed by atoms with Crippen molar-refractivity contribution in [1.82, 2.24) is 15.0 Å². The van der Waals surface area contributed by atoms with Gasteiger partial charge in [0.25, 0.3) is 5.91 Å². The number of amides is 1. The average molecular weight is 427 g/mol. The molecule has 3 rings (SSSR count). The van der Waals surface area contributed by atoms with E-state index >= 15 is 0 Å². The predicted octanol–water partition coefficient (Wildman–Crippen LogP) is 3.43. The molecule has 0 aliphatic heterocycles. The van der Waals surface area contributed by atoms with Gasteiger partial charge in [0.2, 0.25) is 11.7 Å². The Kier molecular flexibility index (Phi) is 6.96. The molecule has 0 saturated carbocycles. The van der Waals surface area contributed by atoms with E-state index in [0.29, 0.717) is 52.4 Å². The monoisotopic (exact) mass is 427 g/mol. The van der Waals surface area contributed by atoms with Gasteiger partial charge in [-0.2, -0.15) is 4.98 Å². The second-order valence-electron chi connectivity index (χ2n) is 6.44. The van der Waals surface area contributed by atoms with E-state index in [9.17, 15) is 4.79 Å². The first-order valence-electron chi connectivity index (χ1n) is 9.61. The Hall–Kier alpha value is -3.75. The maximum atomic E-state index is 13.2. The van der Waals surface area contributed by atoms with Crippen molar-refractivity contribution in [3.8, 4) is 34.4 Å². The van der Waals surface area contributed by atoms with Crippen molar-refractivity contribution in [3.05, 3.63) is 47.9 Å². The molecule has 0 aliphatic carbocycles. The van der Waals surface area contributed by atoms with E-state index in [1.807, 2.05) is 6.92 Å². The van der Waals surface area contributed by atoms with Crippen LogP contribution in [0.15, 0.2) is 40.9 Å². The van der Waals surface area contributed by atoms with E-state index in [0.717, 1.165) is 0 Å². The Morgan fingerprint density at radius 3 is 2.16 bits per heavy atom. The minimum absolute atomic E-state index is 0.136. The van der Waals surface area contributed by atoms with E-state index < -0.39 is 0 Å². The first kappa shape index (κ1) is 21.9. The molecule has 9 nitrogen and oxygen atoms in total. The Bertz CT molecular complexity index is 1030. The molecule has 31 heavy (non-hydrogen) atoms. The highest BCUT2D eigenvalue weighted by Gasteiger charge is 2.25. The number of nitrogens with zero attached hydrogens (tertiary/aromatic N) is 3. The van der Waals surface area contributed by atoms with Gasteiger partial charge in [-0.25, -0.2) is 0 Å². The van der Waals surface area contributed by atoms with Crippen molar-refractivity contribution in [2.24, 2.45) is 0 Å². The molecule has 0 atom stereocenters. The lowest BCUT2D eigenvalue weighted by molar-refractivity contribution is 0.0727. The van der Waals surface area contributed by atoms with E-state index in [1.54, 1.807) is 55.5 Å². The molecule has 0 radical (unpaired) electrons. The first-order chi connectivity index (χ1) is 15.1. The van der Waals surface area contributed by atoms with Crippen LogP contribution in [0, 0.1) is 0 Å². The van der Waals surface area contributed by atoms with Crippen LogP contribution in [0.4, 0.5) is 0 Å². The third kappa shape index (κ3) is 4.55. The lowest BCUT2D eigenvalue weighted by Gasteiger charge is -2.21. The number of methoxy groups -OCH3 is 4. The summed E-state index contributed by atoms with van der Waals surface area (Å²) in [6.45, 7) is 2.43. The highest BCUT2D eigenvalue weighted by Crippen LogP contribution is 2.32. The van der Waals surface area contributed by atoms with Crippen LogP contribution in [0.3, 0.4) is 0 Å². The maximum absolute atomic E-state index is 13.2. The highest BCUT2D eigenvalue weighted by molar-refractivity contribution is 5.99. The Balaban J connectivity index is 1.85. The molecule has 0 spiro atoms. The molecule has 1 aromatic heterocycles. The third-order valence-corrected chi connectivity index (χ3v) is 4.75. The topological polar surface area (TPSA) is 96.2 Å². The third-order valence-electron chi connectivity index (χ3n) is 4.75. The second kappa shape index (κ2) is 9.84. The minimum atomic E-state index is -0.261. The quantitative estimate of drug-likeness (QED) is 0.512. The van der Waals surface area contributed by atoms with Gasteiger partial charge in [-0.05, 0) is 37.3 Å². The van der Waals surface area contributed by atoms with Gasteiger partial charge in [-0.1, -0.05) is 11.2 Å². The Labute approximate surface area is 180 Å². The summed E-state index contributed by atoms with van der Waals surface area (Å²) in [5, 5.41) is 4.03. The number of carbonyl (C=O) groups excluding carboxylic acids is 1. The molecule has 0 N–H and O–H groups in total. The number of hydrogen-bond acceptors (Lipinski definition) is 8. The molecule has 2 aromatic carbocycles. The van der Waals surface area contributed by atoms with Crippen LogP contribution >= 0.6 is 0 Å². The standard InChI is InChI=1S/C22H25N3O6/c1-6-25(22(26)20-16(28-3)8-7-9-17(20)29-4)13-19-23-21(24-31-19)14-10-11-15(27-2)18(12-14)30-5/h7-12H,6,13H2,1-5H3. The number of rotatable bonds is 9. The van der Waals surface area contributed by atoms with Crippen molar-refractivity contribution in [3.63, 3.8) is 0 Å². The predicted molar refractivity (Wildman–Crippen MR) is 113 cm³/mol. The molecule has 3 aromatic rings. The van der Waals surface area contributed by atoms with Gasteiger partial charge in [-0.3, -0.25) is 4.79 Å². The Morgan fingerprint density at radius 1 is 0.935 bits per heavy atom. The van der Waals surface area contributed by atoms with E-state index in [2.05, 4.69) is 10.1 Å². The van der Waals surface area contributed by atoms with Gasteiger partial charge in [-0.15, -0.1) is 0 Å². The first-order valence-corrected chi connectivity index (χ1v) is 9.61. The molecule has 1 heterocycles. The Morgan fingerprint density at radius 2 is 1.58 bits per heavy atom.